The van der Waals surface area contributed by atoms with E-state index in [1.165, 1.54) is 16.5 Å². The highest BCUT2D eigenvalue weighted by Gasteiger charge is 1.97. The number of aryl methyl sites for hydroxylation is 1. The first-order valence-electron chi connectivity index (χ1n) is 4.96. The lowest BCUT2D eigenvalue weighted by Gasteiger charge is -1.98. The van der Waals surface area contributed by atoms with Gasteiger partial charge in [-0.25, -0.2) is 0 Å². The molecule has 1 heterocycles. The highest BCUT2D eigenvalue weighted by molar-refractivity contribution is 7.79. The summed E-state index contributed by atoms with van der Waals surface area (Å²) >= 11 is 4.24. The molecule has 0 spiro atoms. The number of benzene rings is 1. The Labute approximate surface area is 91.2 Å². The summed E-state index contributed by atoms with van der Waals surface area (Å²) in [5.74, 6) is 0.810. The van der Waals surface area contributed by atoms with Crippen LogP contribution >= 0.6 is 12.6 Å². The summed E-state index contributed by atoms with van der Waals surface area (Å²) in [6.07, 6.45) is 2.08. The largest absolute Gasteiger partial charge is 0.351 e. The van der Waals surface area contributed by atoms with Gasteiger partial charge in [0.15, 0.2) is 0 Å². The van der Waals surface area contributed by atoms with E-state index in [0.717, 1.165) is 5.75 Å². The number of hydrogen-bond acceptors (Lipinski definition) is 1. The third-order valence-corrected chi connectivity index (χ3v) is 2.50. The fraction of sp³-hybridized carbons (Fsp3) is 0.333. The molecule has 1 nitrogen and oxygen atoms in total. The standard InChI is InChI=1S/C10H11NS.C2H6/c1-11-5-4-9-6-8(7-12)2-3-10(9)11;1-2/h2-6,12H,7H2,1H3;1-2H3. The number of hydrogen-bond donors (Lipinski definition) is 1. The molecule has 0 atom stereocenters. The summed E-state index contributed by atoms with van der Waals surface area (Å²) in [6, 6.07) is 8.57. The summed E-state index contributed by atoms with van der Waals surface area (Å²) < 4.78 is 2.12. The van der Waals surface area contributed by atoms with Crippen LogP contribution in [0, 0.1) is 0 Å². The molecule has 0 aliphatic carbocycles. The lowest BCUT2D eigenvalue weighted by molar-refractivity contribution is 0.969. The highest BCUT2D eigenvalue weighted by Crippen LogP contribution is 2.17. The van der Waals surface area contributed by atoms with Crippen LogP contribution in [0.3, 0.4) is 0 Å². The van der Waals surface area contributed by atoms with E-state index >= 15 is 0 Å². The maximum Gasteiger partial charge on any atom is 0.0477 e. The molecule has 14 heavy (non-hydrogen) atoms. The zero-order chi connectivity index (χ0) is 10.6. The summed E-state index contributed by atoms with van der Waals surface area (Å²) in [5.41, 5.74) is 2.55. The summed E-state index contributed by atoms with van der Waals surface area (Å²) in [5, 5.41) is 1.30. The number of thiol groups is 1. The molecule has 0 fully saturated rings. The second-order valence-corrected chi connectivity index (χ2v) is 3.29. The van der Waals surface area contributed by atoms with E-state index in [0.29, 0.717) is 0 Å². The van der Waals surface area contributed by atoms with Crippen LogP contribution < -0.4 is 0 Å². The van der Waals surface area contributed by atoms with Crippen LogP contribution in [0.25, 0.3) is 10.9 Å². The highest BCUT2D eigenvalue weighted by atomic mass is 32.1. The molecule has 76 valence electrons. The Bertz CT molecular complexity index is 404. The van der Waals surface area contributed by atoms with Crippen LogP contribution in [0.4, 0.5) is 0 Å². The number of nitrogens with zero attached hydrogens (tertiary/aromatic N) is 1. The molecule has 0 aliphatic heterocycles. The van der Waals surface area contributed by atoms with Crippen molar-refractivity contribution in [2.75, 3.05) is 0 Å². The first-order chi connectivity index (χ1) is 6.81. The average molecular weight is 207 g/mol. The minimum atomic E-state index is 0.810. The van der Waals surface area contributed by atoms with Gasteiger partial charge in [-0.15, -0.1) is 0 Å². The topological polar surface area (TPSA) is 4.93 Å². The van der Waals surface area contributed by atoms with Gasteiger partial charge in [0.1, 0.15) is 0 Å². The molecular weight excluding hydrogens is 190 g/mol. The smallest absolute Gasteiger partial charge is 0.0477 e. The van der Waals surface area contributed by atoms with Crippen molar-refractivity contribution in [2.24, 2.45) is 7.05 Å². The van der Waals surface area contributed by atoms with Crippen molar-refractivity contribution in [1.82, 2.24) is 4.57 Å². The minimum absolute atomic E-state index is 0.810. The second-order valence-electron chi connectivity index (χ2n) is 2.98. The Balaban J connectivity index is 0.000000461. The van der Waals surface area contributed by atoms with Gasteiger partial charge in [0.25, 0.3) is 0 Å². The Kier molecular flexibility index (Phi) is 4.08. The van der Waals surface area contributed by atoms with Gasteiger partial charge in [-0.1, -0.05) is 19.9 Å². The van der Waals surface area contributed by atoms with Gasteiger partial charge in [0, 0.05) is 24.5 Å². The first-order valence-corrected chi connectivity index (χ1v) is 5.59. The van der Waals surface area contributed by atoms with Crippen molar-refractivity contribution in [1.29, 1.82) is 0 Å². The van der Waals surface area contributed by atoms with Crippen LogP contribution in [0.1, 0.15) is 19.4 Å². The zero-order valence-corrected chi connectivity index (χ0v) is 9.88. The average Bonchev–Trinajstić information content (AvgIpc) is 2.63. The van der Waals surface area contributed by atoms with Crippen molar-refractivity contribution in [3.8, 4) is 0 Å². The minimum Gasteiger partial charge on any atom is -0.351 e. The van der Waals surface area contributed by atoms with Crippen molar-refractivity contribution < 1.29 is 0 Å². The summed E-state index contributed by atoms with van der Waals surface area (Å²) in [7, 11) is 2.06. The van der Waals surface area contributed by atoms with E-state index in [9.17, 15) is 0 Å². The molecule has 2 heteroatoms. The molecule has 0 saturated carbocycles. The van der Waals surface area contributed by atoms with Crippen molar-refractivity contribution in [2.45, 2.75) is 19.6 Å². The Morgan fingerprint density at radius 2 is 1.93 bits per heavy atom. The van der Waals surface area contributed by atoms with Gasteiger partial charge in [0.05, 0.1) is 0 Å². The molecule has 0 radical (unpaired) electrons. The third-order valence-electron chi connectivity index (χ3n) is 2.13. The fourth-order valence-electron chi connectivity index (χ4n) is 1.43. The molecule has 0 saturated heterocycles. The fourth-order valence-corrected chi connectivity index (χ4v) is 1.63. The predicted octanol–water partition coefficient (Wildman–Crippen LogP) is 3.63. The molecule has 2 aromatic rings. The van der Waals surface area contributed by atoms with Gasteiger partial charge in [-0.05, 0) is 29.1 Å². The zero-order valence-electron chi connectivity index (χ0n) is 8.99. The van der Waals surface area contributed by atoms with E-state index in [1.807, 2.05) is 13.8 Å². The van der Waals surface area contributed by atoms with Crippen LogP contribution in [0.2, 0.25) is 0 Å². The van der Waals surface area contributed by atoms with Gasteiger partial charge in [0.2, 0.25) is 0 Å². The van der Waals surface area contributed by atoms with E-state index in [2.05, 4.69) is 54.7 Å². The van der Waals surface area contributed by atoms with Crippen molar-refractivity contribution in [3.63, 3.8) is 0 Å². The number of aromatic nitrogens is 1. The van der Waals surface area contributed by atoms with Crippen LogP contribution in [-0.4, -0.2) is 4.57 Å². The van der Waals surface area contributed by atoms with Crippen LogP contribution in [-0.2, 0) is 12.8 Å². The van der Waals surface area contributed by atoms with Gasteiger partial charge in [-0.2, -0.15) is 12.6 Å². The molecule has 1 aromatic heterocycles. The predicted molar refractivity (Wildman–Crippen MR) is 67.0 cm³/mol. The maximum absolute atomic E-state index is 4.24. The van der Waals surface area contributed by atoms with Crippen LogP contribution in [0.5, 0.6) is 0 Å². The van der Waals surface area contributed by atoms with Gasteiger partial charge < -0.3 is 4.57 Å². The monoisotopic (exact) mass is 207 g/mol. The van der Waals surface area contributed by atoms with Crippen molar-refractivity contribution in [3.05, 3.63) is 36.0 Å². The first kappa shape index (κ1) is 11.2. The molecule has 0 amide bonds. The number of rotatable bonds is 1. The number of fused-ring (bicyclic) bond motifs is 1. The van der Waals surface area contributed by atoms with E-state index < -0.39 is 0 Å². The maximum atomic E-state index is 4.24. The van der Waals surface area contributed by atoms with E-state index in [4.69, 9.17) is 0 Å². The molecular formula is C12H17NS. The molecule has 0 bridgehead atoms. The third kappa shape index (κ3) is 2.13. The summed E-state index contributed by atoms with van der Waals surface area (Å²) in [4.78, 5) is 0. The molecule has 0 aliphatic rings. The Morgan fingerprint density at radius 3 is 2.57 bits per heavy atom. The lowest BCUT2D eigenvalue weighted by atomic mass is 10.2. The van der Waals surface area contributed by atoms with Crippen LogP contribution in [0.15, 0.2) is 30.5 Å². The normalized spacial score (nSPS) is 9.71. The van der Waals surface area contributed by atoms with Gasteiger partial charge in [-0.3, -0.25) is 0 Å². The Morgan fingerprint density at radius 1 is 1.21 bits per heavy atom. The SMILES string of the molecule is CC.Cn1ccc2cc(CS)ccc21. The van der Waals surface area contributed by atoms with Gasteiger partial charge >= 0.3 is 0 Å². The second kappa shape index (κ2) is 5.11. The molecule has 0 unspecified atom stereocenters. The lowest BCUT2D eigenvalue weighted by Crippen LogP contribution is -1.83. The van der Waals surface area contributed by atoms with Crippen molar-refractivity contribution >= 4 is 23.5 Å². The van der Waals surface area contributed by atoms with E-state index in [1.54, 1.807) is 0 Å². The molecule has 1 aromatic carbocycles. The Hall–Kier alpha value is -0.890. The quantitative estimate of drug-likeness (QED) is 0.681. The van der Waals surface area contributed by atoms with E-state index in [-0.39, 0.29) is 0 Å². The molecule has 0 N–H and O–H groups in total. The summed E-state index contributed by atoms with van der Waals surface area (Å²) in [6.45, 7) is 4.00. The molecule has 2 rings (SSSR count).